The Hall–Kier alpha value is -3.09. The van der Waals surface area contributed by atoms with Crippen molar-refractivity contribution < 1.29 is 4.79 Å². The molecule has 0 bridgehead atoms. The van der Waals surface area contributed by atoms with E-state index in [1.165, 1.54) is 12.8 Å². The molecule has 132 valence electrons. The Morgan fingerprint density at radius 1 is 1.31 bits per heavy atom. The maximum absolute atomic E-state index is 12.4. The van der Waals surface area contributed by atoms with Gasteiger partial charge in [-0.1, -0.05) is 0 Å². The highest BCUT2D eigenvalue weighted by Gasteiger charge is 2.27. The van der Waals surface area contributed by atoms with Gasteiger partial charge in [0.15, 0.2) is 5.82 Å². The number of H-pyrrole nitrogens is 1. The second-order valence-electron chi connectivity index (χ2n) is 6.65. The van der Waals surface area contributed by atoms with Crippen LogP contribution in [0.4, 0.5) is 0 Å². The van der Waals surface area contributed by atoms with Crippen molar-refractivity contribution in [2.24, 2.45) is 0 Å². The summed E-state index contributed by atoms with van der Waals surface area (Å²) in [6.45, 7) is 3.84. The molecule has 1 saturated carbocycles. The van der Waals surface area contributed by atoms with Crippen LogP contribution in [0.3, 0.4) is 0 Å². The summed E-state index contributed by atoms with van der Waals surface area (Å²) < 4.78 is 0. The fourth-order valence-corrected chi connectivity index (χ4v) is 2.95. The van der Waals surface area contributed by atoms with E-state index >= 15 is 0 Å². The fourth-order valence-electron chi connectivity index (χ4n) is 2.95. The van der Waals surface area contributed by atoms with Gasteiger partial charge >= 0.3 is 0 Å². The lowest BCUT2D eigenvalue weighted by Crippen LogP contribution is -2.27. The van der Waals surface area contributed by atoms with Gasteiger partial charge in [0.2, 0.25) is 0 Å². The summed E-state index contributed by atoms with van der Waals surface area (Å²) in [4.78, 5) is 25.5. The van der Waals surface area contributed by atoms with Crippen LogP contribution in [0.2, 0.25) is 0 Å². The molecule has 1 fully saturated rings. The molecule has 7 heteroatoms. The van der Waals surface area contributed by atoms with E-state index in [1.54, 1.807) is 18.6 Å². The van der Waals surface area contributed by atoms with Crippen molar-refractivity contribution in [3.8, 4) is 11.4 Å². The highest BCUT2D eigenvalue weighted by atomic mass is 16.2. The Morgan fingerprint density at radius 3 is 2.77 bits per heavy atom. The number of nitrogens with one attached hydrogen (secondary N) is 2. The van der Waals surface area contributed by atoms with Crippen molar-refractivity contribution >= 4 is 5.91 Å². The Labute approximate surface area is 151 Å². The van der Waals surface area contributed by atoms with Crippen LogP contribution < -0.4 is 5.32 Å². The molecule has 3 aromatic rings. The lowest BCUT2D eigenvalue weighted by Gasteiger charge is -2.15. The van der Waals surface area contributed by atoms with Crippen molar-refractivity contribution in [1.82, 2.24) is 30.5 Å². The summed E-state index contributed by atoms with van der Waals surface area (Å²) >= 11 is 0. The highest BCUT2D eigenvalue weighted by molar-refractivity contribution is 5.92. The predicted molar refractivity (Wildman–Crippen MR) is 96.4 cm³/mol. The molecule has 0 aliphatic heterocycles. The van der Waals surface area contributed by atoms with E-state index in [9.17, 15) is 4.79 Å². The molecule has 2 N–H and O–H groups in total. The van der Waals surface area contributed by atoms with Crippen LogP contribution in [0.25, 0.3) is 11.4 Å². The van der Waals surface area contributed by atoms with Gasteiger partial charge in [-0.05, 0) is 44.9 Å². The molecule has 3 heterocycles. The van der Waals surface area contributed by atoms with Gasteiger partial charge in [0.25, 0.3) is 5.91 Å². The number of aryl methyl sites for hydroxylation is 1. The summed E-state index contributed by atoms with van der Waals surface area (Å²) in [6, 6.07) is 5.37. The summed E-state index contributed by atoms with van der Waals surface area (Å²) in [6.07, 6.45) is 7.53. The van der Waals surface area contributed by atoms with E-state index in [0.717, 1.165) is 22.5 Å². The van der Waals surface area contributed by atoms with Crippen LogP contribution in [0, 0.1) is 6.92 Å². The monoisotopic (exact) mass is 348 g/mol. The molecule has 3 aromatic heterocycles. The number of rotatable bonds is 5. The minimum atomic E-state index is -0.213. The van der Waals surface area contributed by atoms with E-state index < -0.39 is 0 Å². The molecule has 0 saturated heterocycles. The van der Waals surface area contributed by atoms with Gasteiger partial charge < -0.3 is 5.32 Å². The maximum atomic E-state index is 12.4. The minimum Gasteiger partial charge on any atom is -0.344 e. The van der Waals surface area contributed by atoms with Crippen molar-refractivity contribution in [1.29, 1.82) is 0 Å². The molecule has 1 amide bonds. The highest BCUT2D eigenvalue weighted by Crippen LogP contribution is 2.39. The average molecular weight is 348 g/mol. The van der Waals surface area contributed by atoms with Crippen molar-refractivity contribution in [2.45, 2.75) is 38.6 Å². The van der Waals surface area contributed by atoms with Crippen molar-refractivity contribution in [3.05, 3.63) is 59.4 Å². The van der Waals surface area contributed by atoms with E-state index in [2.05, 4.69) is 30.5 Å². The van der Waals surface area contributed by atoms with Crippen LogP contribution in [-0.2, 0) is 0 Å². The Bertz CT molecular complexity index is 932. The smallest absolute Gasteiger partial charge is 0.272 e. The molecule has 26 heavy (non-hydrogen) atoms. The number of aromatic nitrogens is 5. The Kier molecular flexibility index (Phi) is 4.20. The van der Waals surface area contributed by atoms with Gasteiger partial charge in [-0.2, -0.15) is 5.10 Å². The van der Waals surface area contributed by atoms with Gasteiger partial charge in [-0.15, -0.1) is 0 Å². The number of amides is 1. The topological polar surface area (TPSA) is 96.5 Å². The van der Waals surface area contributed by atoms with Crippen molar-refractivity contribution in [3.63, 3.8) is 0 Å². The van der Waals surface area contributed by atoms with Crippen LogP contribution >= 0.6 is 0 Å². The number of pyridine rings is 1. The van der Waals surface area contributed by atoms with Crippen LogP contribution in [0.15, 0.2) is 36.8 Å². The standard InChI is InChI=1S/C19H20N6O/c1-11-15(10-21-18(22-11)14-5-7-20-8-6-14)12(2)23-19(26)17-9-16(24-25-17)13-3-4-13/h5-10,12-13H,3-4H2,1-2H3,(H,23,26)(H,24,25)/t12-/m0/s1. The zero-order valence-corrected chi connectivity index (χ0v) is 14.7. The summed E-state index contributed by atoms with van der Waals surface area (Å²) in [7, 11) is 0. The molecule has 1 aliphatic rings. The molecule has 0 radical (unpaired) electrons. The lowest BCUT2D eigenvalue weighted by molar-refractivity contribution is 0.0934. The number of hydrogen-bond donors (Lipinski definition) is 2. The SMILES string of the molecule is Cc1nc(-c2ccncc2)ncc1[C@H](C)NC(=O)c1cc(C2CC2)[nH]n1. The van der Waals surface area contributed by atoms with Gasteiger partial charge in [0, 0.05) is 47.0 Å². The van der Waals surface area contributed by atoms with Gasteiger partial charge in [0.05, 0.1) is 6.04 Å². The first-order valence-electron chi connectivity index (χ1n) is 8.72. The first kappa shape index (κ1) is 16.4. The first-order valence-corrected chi connectivity index (χ1v) is 8.72. The van der Waals surface area contributed by atoms with Gasteiger partial charge in [0.1, 0.15) is 5.69 Å². The molecule has 1 atom stereocenters. The maximum Gasteiger partial charge on any atom is 0.272 e. The normalized spacial score (nSPS) is 14.8. The largest absolute Gasteiger partial charge is 0.344 e. The second kappa shape index (κ2) is 6.67. The molecule has 1 aliphatic carbocycles. The summed E-state index contributed by atoms with van der Waals surface area (Å²) in [5.74, 6) is 0.990. The van der Waals surface area contributed by atoms with E-state index in [0.29, 0.717) is 17.4 Å². The molecular formula is C19H20N6O. The number of hydrogen-bond acceptors (Lipinski definition) is 5. The molecule has 4 rings (SSSR count). The molecule has 7 nitrogen and oxygen atoms in total. The van der Waals surface area contributed by atoms with E-state index in [4.69, 9.17) is 0 Å². The predicted octanol–water partition coefficient (Wildman–Crippen LogP) is 2.94. The van der Waals surface area contributed by atoms with Gasteiger partial charge in [-0.25, -0.2) is 9.97 Å². The molecule has 0 spiro atoms. The number of nitrogens with zero attached hydrogens (tertiary/aromatic N) is 4. The quantitative estimate of drug-likeness (QED) is 0.739. The van der Waals surface area contributed by atoms with Crippen LogP contribution in [0.1, 0.15) is 59.2 Å². The fraction of sp³-hybridized carbons (Fsp3) is 0.316. The van der Waals surface area contributed by atoms with Gasteiger partial charge in [-0.3, -0.25) is 14.9 Å². The summed E-state index contributed by atoms with van der Waals surface area (Å²) in [5, 5.41) is 10.1. The number of aromatic amines is 1. The molecular weight excluding hydrogens is 328 g/mol. The molecule has 0 aromatic carbocycles. The number of carbonyl (C=O) groups excluding carboxylic acids is 1. The average Bonchev–Trinajstić information content (AvgIpc) is 3.38. The zero-order valence-electron chi connectivity index (χ0n) is 14.7. The second-order valence-corrected chi connectivity index (χ2v) is 6.65. The van der Waals surface area contributed by atoms with Crippen LogP contribution in [-0.4, -0.2) is 31.1 Å². The third-order valence-electron chi connectivity index (χ3n) is 4.62. The Balaban J connectivity index is 1.48. The van der Waals surface area contributed by atoms with Crippen LogP contribution in [0.5, 0.6) is 0 Å². The third-order valence-corrected chi connectivity index (χ3v) is 4.62. The summed E-state index contributed by atoms with van der Waals surface area (Å²) in [5.41, 5.74) is 4.10. The van der Waals surface area contributed by atoms with Crippen molar-refractivity contribution in [2.75, 3.05) is 0 Å². The minimum absolute atomic E-state index is 0.196. The number of carbonyl (C=O) groups is 1. The first-order chi connectivity index (χ1) is 12.6. The third kappa shape index (κ3) is 3.33. The molecule has 0 unspecified atom stereocenters. The van der Waals surface area contributed by atoms with E-state index in [-0.39, 0.29) is 11.9 Å². The Morgan fingerprint density at radius 2 is 2.08 bits per heavy atom. The lowest BCUT2D eigenvalue weighted by atomic mass is 10.1. The van der Waals surface area contributed by atoms with E-state index in [1.807, 2.05) is 32.0 Å². The zero-order chi connectivity index (χ0) is 18.1.